The van der Waals surface area contributed by atoms with Crippen LogP contribution in [0.5, 0.6) is 0 Å². The highest BCUT2D eigenvalue weighted by Gasteiger charge is 1.99. The average molecular weight is 338 g/mol. The fourth-order valence-electron chi connectivity index (χ4n) is 1.56. The van der Waals surface area contributed by atoms with Gasteiger partial charge >= 0.3 is 6.09 Å². The van der Waals surface area contributed by atoms with Gasteiger partial charge in [-0.15, -0.1) is 0 Å². The molecule has 0 bridgehead atoms. The maximum absolute atomic E-state index is 11.2. The number of ether oxygens (including phenoxy) is 2. The molecule has 0 aliphatic heterocycles. The van der Waals surface area contributed by atoms with E-state index in [1.807, 2.05) is 0 Å². The Balaban J connectivity index is 3.35. The topological polar surface area (TPSA) is 100 Å². The van der Waals surface area contributed by atoms with Crippen LogP contribution in [-0.4, -0.2) is 55.8 Å². The van der Waals surface area contributed by atoms with Crippen LogP contribution in [0.3, 0.4) is 0 Å². The monoisotopic (exact) mass is 338 g/mol. The number of unbranched alkanes of at least 4 members (excludes halogenated alkanes) is 3. The molecule has 0 fully saturated rings. The van der Waals surface area contributed by atoms with Crippen molar-refractivity contribution >= 4 is 6.09 Å². The Bertz CT molecular complexity index is 427. The van der Waals surface area contributed by atoms with Crippen LogP contribution in [0.25, 0.3) is 0 Å². The summed E-state index contributed by atoms with van der Waals surface area (Å²) in [6.45, 7) is 4.79. The summed E-state index contributed by atoms with van der Waals surface area (Å²) < 4.78 is 9.96. The van der Waals surface area contributed by atoms with E-state index >= 15 is 0 Å². The van der Waals surface area contributed by atoms with Gasteiger partial charge in [0.05, 0.1) is 0 Å². The van der Waals surface area contributed by atoms with Gasteiger partial charge in [-0.3, -0.25) is 0 Å². The van der Waals surface area contributed by atoms with E-state index in [1.165, 1.54) is 0 Å². The molecule has 0 aromatic heterocycles. The summed E-state index contributed by atoms with van der Waals surface area (Å²) in [5, 5.41) is 22.6. The molecule has 7 nitrogen and oxygen atoms in total. The van der Waals surface area contributed by atoms with Crippen LogP contribution in [-0.2, 0) is 9.47 Å². The molecule has 24 heavy (non-hydrogen) atoms. The number of rotatable bonds is 11. The second kappa shape index (κ2) is 17.0. The number of hydrogen-bond acceptors (Lipinski definition) is 6. The molecule has 1 amide bonds. The molecular weight excluding hydrogens is 312 g/mol. The quantitative estimate of drug-likeness (QED) is 0.246. The third-order valence-electron chi connectivity index (χ3n) is 2.70. The van der Waals surface area contributed by atoms with Crippen molar-refractivity contribution in [2.75, 3.05) is 39.5 Å². The molecule has 0 heterocycles. The molecule has 0 saturated carbocycles. The standard InChI is InChI=1S/C17H26N2O5/c1-16(23-14-8-6-12-20)18-10-4-2-3-5-11-19-17(22)24-15-9-7-13-21/h18,20-21H,1-5,10-15H2,(H,19,22). The summed E-state index contributed by atoms with van der Waals surface area (Å²) in [5.74, 6) is 10.5. The van der Waals surface area contributed by atoms with Crippen LogP contribution < -0.4 is 10.6 Å². The zero-order valence-corrected chi connectivity index (χ0v) is 13.9. The number of alkyl carbamates (subject to hydrolysis) is 1. The molecule has 0 saturated heterocycles. The van der Waals surface area contributed by atoms with Crippen molar-refractivity contribution in [3.8, 4) is 23.7 Å². The predicted octanol–water partition coefficient (Wildman–Crippen LogP) is 0.342. The average Bonchev–Trinajstić information content (AvgIpc) is 2.58. The number of aliphatic hydroxyl groups is 2. The van der Waals surface area contributed by atoms with E-state index < -0.39 is 6.09 Å². The minimum absolute atomic E-state index is 0.0183. The first-order valence-corrected chi connectivity index (χ1v) is 7.80. The molecule has 0 radical (unpaired) electrons. The molecule has 0 atom stereocenters. The Hall–Kier alpha value is -2.35. The summed E-state index contributed by atoms with van der Waals surface area (Å²) in [5.41, 5.74) is 0. The minimum Gasteiger partial charge on any atom is -0.467 e. The Labute approximate surface area is 143 Å². The summed E-state index contributed by atoms with van der Waals surface area (Å²) in [4.78, 5) is 11.2. The Morgan fingerprint density at radius 2 is 1.38 bits per heavy atom. The molecule has 0 aromatic carbocycles. The maximum atomic E-state index is 11.2. The van der Waals surface area contributed by atoms with Crippen LogP contribution in [0.1, 0.15) is 25.7 Å². The van der Waals surface area contributed by atoms with E-state index in [1.54, 1.807) is 0 Å². The van der Waals surface area contributed by atoms with Gasteiger partial charge < -0.3 is 30.3 Å². The molecule has 7 heteroatoms. The molecule has 134 valence electrons. The lowest BCUT2D eigenvalue weighted by Crippen LogP contribution is -2.25. The zero-order chi connectivity index (χ0) is 17.9. The summed E-state index contributed by atoms with van der Waals surface area (Å²) in [6.07, 6.45) is 3.34. The van der Waals surface area contributed by atoms with Gasteiger partial charge in [-0.1, -0.05) is 36.5 Å². The Kier molecular flexibility index (Phi) is 15.3. The Morgan fingerprint density at radius 3 is 1.96 bits per heavy atom. The predicted molar refractivity (Wildman–Crippen MR) is 90.6 cm³/mol. The smallest absolute Gasteiger partial charge is 0.408 e. The zero-order valence-electron chi connectivity index (χ0n) is 13.9. The van der Waals surface area contributed by atoms with E-state index in [0.717, 1.165) is 32.2 Å². The number of carbonyl (C=O) groups is 1. The van der Waals surface area contributed by atoms with E-state index in [-0.39, 0.29) is 26.4 Å². The van der Waals surface area contributed by atoms with E-state index in [4.69, 9.17) is 19.7 Å². The number of amides is 1. The lowest BCUT2D eigenvalue weighted by Gasteiger charge is -2.09. The van der Waals surface area contributed by atoms with Crippen LogP contribution in [0, 0.1) is 23.7 Å². The van der Waals surface area contributed by atoms with Gasteiger partial charge in [-0.25, -0.2) is 4.79 Å². The molecular formula is C17H26N2O5. The number of hydrogen-bond donors (Lipinski definition) is 4. The molecule has 0 rings (SSSR count). The van der Waals surface area contributed by atoms with E-state index in [0.29, 0.717) is 12.4 Å². The van der Waals surface area contributed by atoms with Gasteiger partial charge in [0.1, 0.15) is 13.2 Å². The van der Waals surface area contributed by atoms with Gasteiger partial charge in [-0.2, -0.15) is 0 Å². The van der Waals surface area contributed by atoms with Crippen LogP contribution >= 0.6 is 0 Å². The Morgan fingerprint density at radius 1 is 0.833 bits per heavy atom. The van der Waals surface area contributed by atoms with Crippen molar-refractivity contribution in [1.82, 2.24) is 10.6 Å². The molecule has 0 aliphatic carbocycles. The van der Waals surface area contributed by atoms with Gasteiger partial charge in [0.25, 0.3) is 0 Å². The first kappa shape index (κ1) is 21.6. The lowest BCUT2D eigenvalue weighted by molar-refractivity contribution is 0.160. The molecule has 0 aromatic rings. The first-order chi connectivity index (χ1) is 11.7. The van der Waals surface area contributed by atoms with Crippen molar-refractivity contribution in [2.24, 2.45) is 0 Å². The summed E-state index contributed by atoms with van der Waals surface area (Å²) in [6, 6.07) is 0. The maximum Gasteiger partial charge on any atom is 0.408 e. The van der Waals surface area contributed by atoms with E-state index in [9.17, 15) is 4.79 Å². The van der Waals surface area contributed by atoms with Crippen LogP contribution in [0.15, 0.2) is 12.5 Å². The van der Waals surface area contributed by atoms with Gasteiger partial charge in [0.2, 0.25) is 0 Å². The molecule has 0 spiro atoms. The molecule has 0 aliphatic rings. The fourth-order valence-corrected chi connectivity index (χ4v) is 1.56. The minimum atomic E-state index is -0.498. The normalized spacial score (nSPS) is 8.92. The van der Waals surface area contributed by atoms with Crippen molar-refractivity contribution in [3.63, 3.8) is 0 Å². The summed E-state index contributed by atoms with van der Waals surface area (Å²) in [7, 11) is 0. The summed E-state index contributed by atoms with van der Waals surface area (Å²) >= 11 is 0. The first-order valence-electron chi connectivity index (χ1n) is 7.80. The van der Waals surface area contributed by atoms with Gasteiger partial charge in [-0.05, 0) is 19.4 Å². The third-order valence-corrected chi connectivity index (χ3v) is 2.70. The lowest BCUT2D eigenvalue weighted by atomic mass is 10.2. The SMILES string of the molecule is C=C(NCCCCCCNC(=O)OCC#CCO)OCC#CCO. The van der Waals surface area contributed by atoms with Crippen molar-refractivity contribution in [1.29, 1.82) is 0 Å². The van der Waals surface area contributed by atoms with Crippen molar-refractivity contribution in [3.05, 3.63) is 12.5 Å². The van der Waals surface area contributed by atoms with E-state index in [2.05, 4.69) is 40.9 Å². The number of carbonyl (C=O) groups excluding carboxylic acids is 1. The fraction of sp³-hybridized carbons (Fsp3) is 0.588. The second-order valence-corrected chi connectivity index (χ2v) is 4.58. The second-order valence-electron chi connectivity index (χ2n) is 4.58. The van der Waals surface area contributed by atoms with Crippen LogP contribution in [0.2, 0.25) is 0 Å². The van der Waals surface area contributed by atoms with Crippen molar-refractivity contribution in [2.45, 2.75) is 25.7 Å². The van der Waals surface area contributed by atoms with Gasteiger partial charge in [0.15, 0.2) is 19.1 Å². The highest BCUT2D eigenvalue weighted by Crippen LogP contribution is 1.99. The largest absolute Gasteiger partial charge is 0.467 e. The highest BCUT2D eigenvalue weighted by molar-refractivity contribution is 5.67. The van der Waals surface area contributed by atoms with Crippen molar-refractivity contribution < 1.29 is 24.5 Å². The van der Waals surface area contributed by atoms with Gasteiger partial charge in [0, 0.05) is 13.1 Å². The highest BCUT2D eigenvalue weighted by atomic mass is 16.5. The van der Waals surface area contributed by atoms with Crippen LogP contribution in [0.4, 0.5) is 4.79 Å². The molecule has 4 N–H and O–H groups in total. The number of nitrogens with one attached hydrogen (secondary N) is 2. The third kappa shape index (κ3) is 16.0. The molecule has 0 unspecified atom stereocenters. The number of aliphatic hydroxyl groups excluding tert-OH is 2.